The number of aryl methyl sites for hydroxylation is 1. The first kappa shape index (κ1) is 18.1. The zero-order valence-corrected chi connectivity index (χ0v) is 15.7. The number of carbonyl (C=O) groups excluding carboxylic acids is 1. The van der Waals surface area contributed by atoms with Crippen LogP contribution in [0.1, 0.15) is 73.7 Å². The topological polar surface area (TPSA) is 69.3 Å². The van der Waals surface area contributed by atoms with Crippen LogP contribution in [-0.2, 0) is 0 Å². The molecule has 6 heteroatoms. The molecule has 2 heterocycles. The molecule has 1 saturated carbocycles. The lowest BCUT2D eigenvalue weighted by molar-refractivity contribution is 0.0755. The van der Waals surface area contributed by atoms with Crippen molar-refractivity contribution in [2.45, 2.75) is 64.8 Å². The summed E-state index contributed by atoms with van der Waals surface area (Å²) in [6, 6.07) is 0.687. The summed E-state index contributed by atoms with van der Waals surface area (Å²) in [5.74, 6) is 0.603. The van der Waals surface area contributed by atoms with Crippen LogP contribution in [-0.4, -0.2) is 57.9 Å². The lowest BCUT2D eigenvalue weighted by Crippen LogP contribution is -2.40. The number of amides is 1. The first-order valence-electron chi connectivity index (χ1n) is 9.61. The van der Waals surface area contributed by atoms with Crippen LogP contribution in [0.3, 0.4) is 0 Å². The van der Waals surface area contributed by atoms with E-state index in [0.29, 0.717) is 30.6 Å². The number of hydrogen-bond donors (Lipinski definition) is 1. The molecule has 0 spiro atoms. The number of hydrogen-bond acceptors (Lipinski definition) is 4. The second-order valence-corrected chi connectivity index (χ2v) is 7.69. The van der Waals surface area contributed by atoms with E-state index in [1.807, 2.05) is 18.7 Å². The highest BCUT2D eigenvalue weighted by atomic mass is 16.2. The van der Waals surface area contributed by atoms with Gasteiger partial charge < -0.3 is 9.88 Å². The minimum atomic E-state index is -0.307. The SMILES string of the molecule is Cc1nc(C(C)C)[nH]c(=O)c1C(=O)N1CCCN(C2CCCC2)CC1. The van der Waals surface area contributed by atoms with Crippen molar-refractivity contribution in [1.29, 1.82) is 0 Å². The minimum absolute atomic E-state index is 0.133. The number of aromatic nitrogens is 2. The first-order chi connectivity index (χ1) is 12.0. The maximum Gasteiger partial charge on any atom is 0.264 e. The molecule has 1 aromatic heterocycles. The Bertz CT molecular complexity index is 676. The van der Waals surface area contributed by atoms with Crippen LogP contribution < -0.4 is 5.56 Å². The molecule has 0 bridgehead atoms. The Kier molecular flexibility index (Phi) is 5.57. The molecule has 1 aromatic rings. The van der Waals surface area contributed by atoms with Crippen molar-refractivity contribution in [3.8, 4) is 0 Å². The molecule has 3 rings (SSSR count). The largest absolute Gasteiger partial charge is 0.337 e. The van der Waals surface area contributed by atoms with Gasteiger partial charge in [0, 0.05) is 38.1 Å². The highest BCUT2D eigenvalue weighted by Gasteiger charge is 2.28. The van der Waals surface area contributed by atoms with Crippen LogP contribution >= 0.6 is 0 Å². The van der Waals surface area contributed by atoms with Crippen LogP contribution in [0.5, 0.6) is 0 Å². The van der Waals surface area contributed by atoms with E-state index in [1.165, 1.54) is 25.7 Å². The van der Waals surface area contributed by atoms with Crippen molar-refractivity contribution in [3.63, 3.8) is 0 Å². The second kappa shape index (κ2) is 7.68. The maximum absolute atomic E-state index is 13.0. The number of rotatable bonds is 3. The van der Waals surface area contributed by atoms with Gasteiger partial charge in [0.2, 0.25) is 0 Å². The third kappa shape index (κ3) is 3.94. The van der Waals surface area contributed by atoms with Crippen molar-refractivity contribution < 1.29 is 4.79 Å². The van der Waals surface area contributed by atoms with Crippen LogP contribution in [0.15, 0.2) is 4.79 Å². The van der Waals surface area contributed by atoms with Crippen LogP contribution in [0, 0.1) is 6.92 Å². The van der Waals surface area contributed by atoms with Gasteiger partial charge in [-0.05, 0) is 26.2 Å². The number of nitrogens with one attached hydrogen (secondary N) is 1. The Balaban J connectivity index is 1.74. The summed E-state index contributed by atoms with van der Waals surface area (Å²) < 4.78 is 0. The van der Waals surface area contributed by atoms with Gasteiger partial charge in [-0.1, -0.05) is 26.7 Å². The molecular formula is C19H30N4O2. The monoisotopic (exact) mass is 346 g/mol. The normalized spacial score (nSPS) is 20.2. The zero-order valence-electron chi connectivity index (χ0n) is 15.7. The lowest BCUT2D eigenvalue weighted by atomic mass is 10.1. The maximum atomic E-state index is 13.0. The first-order valence-corrected chi connectivity index (χ1v) is 9.61. The molecule has 0 atom stereocenters. The summed E-state index contributed by atoms with van der Waals surface area (Å²) in [7, 11) is 0. The third-order valence-corrected chi connectivity index (χ3v) is 5.54. The molecule has 25 heavy (non-hydrogen) atoms. The van der Waals surface area contributed by atoms with E-state index in [1.54, 1.807) is 6.92 Å². The smallest absolute Gasteiger partial charge is 0.264 e. The van der Waals surface area contributed by atoms with E-state index in [0.717, 1.165) is 19.5 Å². The highest BCUT2D eigenvalue weighted by Crippen LogP contribution is 2.24. The van der Waals surface area contributed by atoms with E-state index in [9.17, 15) is 9.59 Å². The zero-order chi connectivity index (χ0) is 18.0. The standard InChI is InChI=1S/C19H30N4O2/c1-13(2)17-20-14(3)16(18(24)21-17)19(25)23-10-6-9-22(11-12-23)15-7-4-5-8-15/h13,15H,4-12H2,1-3H3,(H,20,21,24). The molecule has 2 fully saturated rings. The molecule has 2 aliphatic rings. The molecule has 1 aliphatic heterocycles. The van der Waals surface area contributed by atoms with Crippen molar-refractivity contribution in [2.75, 3.05) is 26.2 Å². The van der Waals surface area contributed by atoms with Gasteiger partial charge in [0.05, 0.1) is 5.69 Å². The summed E-state index contributed by atoms with van der Waals surface area (Å²) >= 11 is 0. The fourth-order valence-corrected chi connectivity index (χ4v) is 4.07. The fourth-order valence-electron chi connectivity index (χ4n) is 4.07. The molecule has 138 valence electrons. The van der Waals surface area contributed by atoms with Crippen LogP contribution in [0.2, 0.25) is 0 Å². The van der Waals surface area contributed by atoms with Crippen molar-refractivity contribution >= 4 is 5.91 Å². The number of aromatic amines is 1. The predicted molar refractivity (Wildman–Crippen MR) is 98.0 cm³/mol. The van der Waals surface area contributed by atoms with Crippen molar-refractivity contribution in [2.24, 2.45) is 0 Å². The fraction of sp³-hybridized carbons (Fsp3) is 0.737. The predicted octanol–water partition coefficient (Wildman–Crippen LogP) is 2.29. The molecule has 1 amide bonds. The van der Waals surface area contributed by atoms with Crippen LogP contribution in [0.25, 0.3) is 0 Å². The average Bonchev–Trinajstić information content (AvgIpc) is 2.98. The molecular weight excluding hydrogens is 316 g/mol. The van der Waals surface area contributed by atoms with Crippen LogP contribution in [0.4, 0.5) is 0 Å². The van der Waals surface area contributed by atoms with Gasteiger partial charge in [-0.2, -0.15) is 0 Å². The van der Waals surface area contributed by atoms with E-state index < -0.39 is 0 Å². The summed E-state index contributed by atoms with van der Waals surface area (Å²) in [4.78, 5) is 37.0. The summed E-state index contributed by atoms with van der Waals surface area (Å²) in [5, 5.41) is 0. The van der Waals surface area contributed by atoms with E-state index in [4.69, 9.17) is 0 Å². The van der Waals surface area contributed by atoms with Gasteiger partial charge in [-0.25, -0.2) is 4.98 Å². The molecule has 0 aromatic carbocycles. The Morgan fingerprint density at radius 1 is 1.12 bits per heavy atom. The Morgan fingerprint density at radius 2 is 1.84 bits per heavy atom. The number of H-pyrrole nitrogens is 1. The van der Waals surface area contributed by atoms with Gasteiger partial charge >= 0.3 is 0 Å². The molecule has 1 N–H and O–H groups in total. The van der Waals surface area contributed by atoms with Crippen molar-refractivity contribution in [3.05, 3.63) is 27.4 Å². The molecule has 0 radical (unpaired) electrons. The van der Waals surface area contributed by atoms with Gasteiger partial charge in [-0.15, -0.1) is 0 Å². The molecule has 6 nitrogen and oxygen atoms in total. The number of carbonyl (C=O) groups is 1. The number of nitrogens with zero attached hydrogens (tertiary/aromatic N) is 3. The Morgan fingerprint density at radius 3 is 2.48 bits per heavy atom. The van der Waals surface area contributed by atoms with E-state index in [-0.39, 0.29) is 22.9 Å². The Hall–Kier alpha value is -1.69. The van der Waals surface area contributed by atoms with E-state index in [2.05, 4.69) is 14.9 Å². The minimum Gasteiger partial charge on any atom is -0.337 e. The molecule has 0 unspecified atom stereocenters. The summed E-state index contributed by atoms with van der Waals surface area (Å²) in [6.07, 6.45) is 6.19. The average molecular weight is 346 g/mol. The molecule has 1 aliphatic carbocycles. The summed E-state index contributed by atoms with van der Waals surface area (Å²) in [5.41, 5.74) is 0.436. The summed E-state index contributed by atoms with van der Waals surface area (Å²) in [6.45, 7) is 9.08. The third-order valence-electron chi connectivity index (χ3n) is 5.54. The quantitative estimate of drug-likeness (QED) is 0.912. The van der Waals surface area contributed by atoms with E-state index >= 15 is 0 Å². The lowest BCUT2D eigenvalue weighted by Gasteiger charge is -2.27. The van der Waals surface area contributed by atoms with Gasteiger partial charge in [0.15, 0.2) is 0 Å². The highest BCUT2D eigenvalue weighted by molar-refractivity contribution is 5.94. The van der Waals surface area contributed by atoms with Gasteiger partial charge in [0.25, 0.3) is 11.5 Å². The second-order valence-electron chi connectivity index (χ2n) is 7.69. The van der Waals surface area contributed by atoms with Gasteiger partial charge in [0.1, 0.15) is 11.4 Å². The molecule has 1 saturated heterocycles. The Labute approximate surface area is 149 Å². The van der Waals surface area contributed by atoms with Gasteiger partial charge in [-0.3, -0.25) is 14.5 Å². The van der Waals surface area contributed by atoms with Crippen molar-refractivity contribution in [1.82, 2.24) is 19.8 Å².